The first-order valence-corrected chi connectivity index (χ1v) is 7.42. The minimum Gasteiger partial charge on any atom is -0.480 e. The lowest BCUT2D eigenvalue weighted by atomic mass is 10.1. The first kappa shape index (κ1) is 16.4. The molecule has 21 heavy (non-hydrogen) atoms. The molecule has 1 aromatic rings. The maximum Gasteiger partial charge on any atom is 0.264 e. The first-order valence-electron chi connectivity index (χ1n) is 7.04. The monoisotopic (exact) mass is 330 g/mol. The highest BCUT2D eigenvalue weighted by Gasteiger charge is 2.38. The van der Waals surface area contributed by atoms with Crippen molar-refractivity contribution >= 4 is 29.9 Å². The van der Waals surface area contributed by atoms with Gasteiger partial charge in [0.2, 0.25) is 0 Å². The van der Waals surface area contributed by atoms with Gasteiger partial charge in [0.1, 0.15) is 5.75 Å². The van der Waals surface area contributed by atoms with E-state index in [1.54, 1.807) is 6.07 Å². The fourth-order valence-electron chi connectivity index (χ4n) is 3.16. The third-order valence-corrected chi connectivity index (χ3v) is 4.49. The van der Waals surface area contributed by atoms with Crippen LogP contribution in [0.2, 0.25) is 5.02 Å². The van der Waals surface area contributed by atoms with E-state index >= 15 is 0 Å². The van der Waals surface area contributed by atoms with Crippen LogP contribution >= 0.6 is 24.0 Å². The Hall–Kier alpha value is -0.970. The van der Waals surface area contributed by atoms with Crippen molar-refractivity contribution in [1.29, 1.82) is 0 Å². The van der Waals surface area contributed by atoms with Crippen molar-refractivity contribution in [2.45, 2.75) is 31.9 Å². The van der Waals surface area contributed by atoms with Crippen LogP contribution in [0.4, 0.5) is 0 Å². The number of nitrogens with zero attached hydrogens (tertiary/aromatic N) is 1. The summed E-state index contributed by atoms with van der Waals surface area (Å²) in [4.78, 5) is 14.5. The number of amides is 1. The average Bonchev–Trinajstić information content (AvgIpc) is 3.00. The molecule has 2 aliphatic rings. The highest BCUT2D eigenvalue weighted by Crippen LogP contribution is 2.33. The van der Waals surface area contributed by atoms with Gasteiger partial charge in [-0.2, -0.15) is 0 Å². The third kappa shape index (κ3) is 3.12. The molecule has 2 heterocycles. The second-order valence-corrected chi connectivity index (χ2v) is 6.18. The maximum atomic E-state index is 12.6. The summed E-state index contributed by atoms with van der Waals surface area (Å²) >= 11 is 5.97. The predicted octanol–water partition coefficient (Wildman–Crippen LogP) is 2.26. The molecule has 0 aliphatic carbocycles. The molecule has 0 aromatic heterocycles. The molecule has 0 radical (unpaired) electrons. The molecule has 3 atom stereocenters. The molecule has 3 unspecified atom stereocenters. The standard InChI is InChI=1S/C15H19ClN2O2.ClH/c1-9-4-10(7-17)8-18(9)15(19)14-6-11-5-12(16)2-3-13(11)20-14;/h2-3,5,9-10,14H,4,6-8,17H2,1H3;1H. The number of halogens is 2. The van der Waals surface area contributed by atoms with Crippen molar-refractivity contribution in [1.82, 2.24) is 4.90 Å². The Bertz CT molecular complexity index is 538. The van der Waals surface area contributed by atoms with E-state index in [-0.39, 0.29) is 24.4 Å². The lowest BCUT2D eigenvalue weighted by molar-refractivity contribution is -0.138. The van der Waals surface area contributed by atoms with E-state index < -0.39 is 6.10 Å². The second kappa shape index (κ2) is 6.42. The van der Waals surface area contributed by atoms with Crippen molar-refractivity contribution in [2.75, 3.05) is 13.1 Å². The van der Waals surface area contributed by atoms with Crippen molar-refractivity contribution in [3.8, 4) is 5.75 Å². The summed E-state index contributed by atoms with van der Waals surface area (Å²) in [6.45, 7) is 3.45. The Labute approximate surface area is 136 Å². The van der Waals surface area contributed by atoms with E-state index in [4.69, 9.17) is 22.1 Å². The summed E-state index contributed by atoms with van der Waals surface area (Å²) < 4.78 is 5.77. The van der Waals surface area contributed by atoms with Gasteiger partial charge in [-0.05, 0) is 49.6 Å². The molecule has 6 heteroatoms. The van der Waals surface area contributed by atoms with Gasteiger partial charge in [0.25, 0.3) is 5.91 Å². The normalized spacial score (nSPS) is 27.0. The summed E-state index contributed by atoms with van der Waals surface area (Å²) in [5.41, 5.74) is 6.73. The largest absolute Gasteiger partial charge is 0.480 e. The Kier molecular flexibility index (Phi) is 5.02. The van der Waals surface area contributed by atoms with Gasteiger partial charge in [0.05, 0.1) is 0 Å². The van der Waals surface area contributed by atoms with Crippen LogP contribution in [0.5, 0.6) is 5.75 Å². The number of carbonyl (C=O) groups excluding carboxylic acids is 1. The van der Waals surface area contributed by atoms with Crippen molar-refractivity contribution in [3.05, 3.63) is 28.8 Å². The highest BCUT2D eigenvalue weighted by molar-refractivity contribution is 6.30. The number of rotatable bonds is 2. The second-order valence-electron chi connectivity index (χ2n) is 5.74. The summed E-state index contributed by atoms with van der Waals surface area (Å²) in [5, 5.41) is 0.679. The van der Waals surface area contributed by atoms with Crippen LogP contribution in [0.25, 0.3) is 0 Å². The van der Waals surface area contributed by atoms with E-state index in [2.05, 4.69) is 6.92 Å². The summed E-state index contributed by atoms with van der Waals surface area (Å²) in [6.07, 6.45) is 1.17. The number of ether oxygens (including phenoxy) is 1. The number of hydrogen-bond donors (Lipinski definition) is 1. The summed E-state index contributed by atoms with van der Waals surface area (Å²) in [7, 11) is 0. The van der Waals surface area contributed by atoms with Crippen molar-refractivity contribution in [3.63, 3.8) is 0 Å². The zero-order valence-corrected chi connectivity index (χ0v) is 13.5. The van der Waals surface area contributed by atoms with Gasteiger partial charge >= 0.3 is 0 Å². The zero-order chi connectivity index (χ0) is 14.3. The average molecular weight is 331 g/mol. The molecule has 0 bridgehead atoms. The number of nitrogens with two attached hydrogens (primary N) is 1. The molecular weight excluding hydrogens is 311 g/mol. The number of fused-ring (bicyclic) bond motifs is 1. The van der Waals surface area contributed by atoms with Crippen LogP contribution in [0.3, 0.4) is 0 Å². The van der Waals surface area contributed by atoms with Crippen LogP contribution in [-0.2, 0) is 11.2 Å². The summed E-state index contributed by atoms with van der Waals surface area (Å²) in [5.74, 6) is 1.25. The summed E-state index contributed by atoms with van der Waals surface area (Å²) in [6, 6.07) is 5.74. The molecule has 1 fully saturated rings. The lowest BCUT2D eigenvalue weighted by Crippen LogP contribution is -2.43. The van der Waals surface area contributed by atoms with Gasteiger partial charge < -0.3 is 15.4 Å². The minimum absolute atomic E-state index is 0. The van der Waals surface area contributed by atoms with Crippen molar-refractivity contribution < 1.29 is 9.53 Å². The number of hydrogen-bond acceptors (Lipinski definition) is 3. The molecule has 0 saturated carbocycles. The quantitative estimate of drug-likeness (QED) is 0.904. The first-order chi connectivity index (χ1) is 9.58. The van der Waals surface area contributed by atoms with Crippen LogP contribution in [0.1, 0.15) is 18.9 Å². The lowest BCUT2D eigenvalue weighted by Gasteiger charge is -2.24. The van der Waals surface area contributed by atoms with E-state index in [9.17, 15) is 4.79 Å². The highest BCUT2D eigenvalue weighted by atomic mass is 35.5. The molecular formula is C15H20Cl2N2O2. The van der Waals surface area contributed by atoms with E-state index in [1.807, 2.05) is 17.0 Å². The van der Waals surface area contributed by atoms with E-state index in [0.29, 0.717) is 23.9 Å². The van der Waals surface area contributed by atoms with Gasteiger partial charge in [0.15, 0.2) is 6.10 Å². The van der Waals surface area contributed by atoms with Gasteiger partial charge in [-0.25, -0.2) is 0 Å². The Morgan fingerprint density at radius 2 is 2.29 bits per heavy atom. The fourth-order valence-corrected chi connectivity index (χ4v) is 3.35. The zero-order valence-electron chi connectivity index (χ0n) is 11.9. The van der Waals surface area contributed by atoms with E-state index in [1.165, 1.54) is 0 Å². The molecule has 1 saturated heterocycles. The smallest absolute Gasteiger partial charge is 0.264 e. The van der Waals surface area contributed by atoms with Crippen molar-refractivity contribution in [2.24, 2.45) is 11.7 Å². The van der Waals surface area contributed by atoms with Gasteiger partial charge in [-0.1, -0.05) is 11.6 Å². The van der Waals surface area contributed by atoms with Crippen LogP contribution in [0, 0.1) is 5.92 Å². The minimum atomic E-state index is -0.414. The molecule has 1 aromatic carbocycles. The van der Waals surface area contributed by atoms with Gasteiger partial charge in [0, 0.05) is 24.0 Å². The SMILES string of the molecule is CC1CC(CN)CN1C(=O)C1Cc2cc(Cl)ccc2O1.Cl. The molecule has 2 N–H and O–H groups in total. The van der Waals surface area contributed by atoms with Crippen LogP contribution in [-0.4, -0.2) is 36.0 Å². The third-order valence-electron chi connectivity index (χ3n) is 4.25. The van der Waals surface area contributed by atoms with Crippen LogP contribution in [0.15, 0.2) is 18.2 Å². The van der Waals surface area contributed by atoms with Gasteiger partial charge in [-0.3, -0.25) is 4.79 Å². The Balaban J connectivity index is 0.00000161. The van der Waals surface area contributed by atoms with E-state index in [0.717, 1.165) is 24.3 Å². The Morgan fingerprint density at radius 1 is 1.52 bits per heavy atom. The molecule has 116 valence electrons. The van der Waals surface area contributed by atoms with Gasteiger partial charge in [-0.15, -0.1) is 12.4 Å². The van der Waals surface area contributed by atoms with Crippen LogP contribution < -0.4 is 10.5 Å². The number of carbonyl (C=O) groups is 1. The molecule has 0 spiro atoms. The molecule has 4 nitrogen and oxygen atoms in total. The number of likely N-dealkylation sites (tertiary alicyclic amines) is 1. The fraction of sp³-hybridized carbons (Fsp3) is 0.533. The number of benzene rings is 1. The Morgan fingerprint density at radius 3 is 2.95 bits per heavy atom. The topological polar surface area (TPSA) is 55.6 Å². The maximum absolute atomic E-state index is 12.6. The molecule has 3 rings (SSSR count). The molecule has 1 amide bonds. The molecule has 2 aliphatic heterocycles. The predicted molar refractivity (Wildman–Crippen MR) is 85.2 cm³/mol.